The predicted molar refractivity (Wildman–Crippen MR) is 93.5 cm³/mol. The number of amides is 1. The number of halogens is 1. The number of rotatable bonds is 6. The summed E-state index contributed by atoms with van der Waals surface area (Å²) in [6.45, 7) is 2.89. The normalized spacial score (nSPS) is 10.3. The Morgan fingerprint density at radius 1 is 1.32 bits per heavy atom. The molecule has 0 saturated carbocycles. The highest BCUT2D eigenvalue weighted by molar-refractivity contribution is 9.10. The molecule has 5 heteroatoms. The molecular weight excluding hydrogens is 342 g/mol. The summed E-state index contributed by atoms with van der Waals surface area (Å²) in [5.74, 6) is 0.681. The third-order valence-electron chi connectivity index (χ3n) is 3.30. The number of anilines is 2. The van der Waals surface area contributed by atoms with Crippen molar-refractivity contribution in [1.82, 2.24) is 9.88 Å². The molecule has 0 aliphatic rings. The van der Waals surface area contributed by atoms with Crippen LogP contribution in [0, 0.1) is 0 Å². The van der Waals surface area contributed by atoms with E-state index in [9.17, 15) is 4.79 Å². The van der Waals surface area contributed by atoms with Crippen LogP contribution >= 0.6 is 15.9 Å². The van der Waals surface area contributed by atoms with Crippen LogP contribution in [0.4, 0.5) is 11.5 Å². The topological polar surface area (TPSA) is 45.2 Å². The Morgan fingerprint density at radius 2 is 2.14 bits per heavy atom. The van der Waals surface area contributed by atoms with Gasteiger partial charge >= 0.3 is 0 Å². The third kappa shape index (κ3) is 4.56. The number of benzene rings is 1. The van der Waals surface area contributed by atoms with Gasteiger partial charge in [-0.3, -0.25) is 4.79 Å². The van der Waals surface area contributed by atoms with Gasteiger partial charge in [0.05, 0.1) is 0 Å². The number of hydrogen-bond donors (Lipinski definition) is 1. The van der Waals surface area contributed by atoms with Crippen molar-refractivity contribution in [1.29, 1.82) is 0 Å². The number of carbonyl (C=O) groups excluding carboxylic acids is 1. The highest BCUT2D eigenvalue weighted by Crippen LogP contribution is 2.20. The Bertz CT molecular complexity index is 645. The molecule has 1 amide bonds. The van der Waals surface area contributed by atoms with Crippen molar-refractivity contribution in [3.8, 4) is 0 Å². The fraction of sp³-hybridized carbons (Fsp3) is 0.294. The molecule has 0 aliphatic carbocycles. The van der Waals surface area contributed by atoms with Gasteiger partial charge < -0.3 is 10.2 Å². The largest absolute Gasteiger partial charge is 0.342 e. The van der Waals surface area contributed by atoms with Crippen molar-refractivity contribution in [3.05, 3.63) is 52.6 Å². The van der Waals surface area contributed by atoms with Crippen LogP contribution in [0.3, 0.4) is 0 Å². The first-order chi connectivity index (χ1) is 10.6. The lowest BCUT2D eigenvalue weighted by atomic mass is 10.2. The third-order valence-corrected chi connectivity index (χ3v) is 3.79. The minimum Gasteiger partial charge on any atom is -0.342 e. The Hall–Kier alpha value is -1.88. The first-order valence-corrected chi connectivity index (χ1v) is 8.13. The summed E-state index contributed by atoms with van der Waals surface area (Å²) in [6.07, 6.45) is 3.74. The second-order valence-electron chi connectivity index (χ2n) is 5.15. The summed E-state index contributed by atoms with van der Waals surface area (Å²) in [6, 6.07) is 11.3. The van der Waals surface area contributed by atoms with Crippen LogP contribution in [0.2, 0.25) is 0 Å². The lowest BCUT2D eigenvalue weighted by molar-refractivity contribution is 0.0793. The first kappa shape index (κ1) is 16.5. The monoisotopic (exact) mass is 361 g/mol. The molecule has 1 heterocycles. The Morgan fingerprint density at radius 3 is 2.86 bits per heavy atom. The van der Waals surface area contributed by atoms with Crippen LogP contribution in [0.25, 0.3) is 0 Å². The highest BCUT2D eigenvalue weighted by Gasteiger charge is 2.12. The van der Waals surface area contributed by atoms with Gasteiger partial charge in [-0.1, -0.05) is 35.3 Å². The predicted octanol–water partition coefficient (Wildman–Crippen LogP) is 4.46. The fourth-order valence-corrected chi connectivity index (χ4v) is 2.46. The van der Waals surface area contributed by atoms with E-state index in [1.54, 1.807) is 23.2 Å². The summed E-state index contributed by atoms with van der Waals surface area (Å²) < 4.78 is 0.990. The van der Waals surface area contributed by atoms with Crippen LogP contribution in [0.15, 0.2) is 47.1 Å². The van der Waals surface area contributed by atoms with Crippen LogP contribution in [-0.4, -0.2) is 29.4 Å². The summed E-state index contributed by atoms with van der Waals surface area (Å²) in [7, 11) is 1.83. The van der Waals surface area contributed by atoms with Gasteiger partial charge in [0, 0.05) is 35.5 Å². The lowest BCUT2D eigenvalue weighted by Crippen LogP contribution is -2.27. The molecule has 4 nitrogen and oxygen atoms in total. The number of carbonyl (C=O) groups is 1. The van der Waals surface area contributed by atoms with Gasteiger partial charge in [0.1, 0.15) is 5.82 Å². The van der Waals surface area contributed by atoms with E-state index in [0.29, 0.717) is 11.4 Å². The standard InChI is InChI=1S/C17H20BrN3O/c1-3-4-10-21(2)17(22)13-8-9-19-16(11-13)20-15-7-5-6-14(18)12-15/h5-9,11-12H,3-4,10H2,1-2H3,(H,19,20). The summed E-state index contributed by atoms with van der Waals surface area (Å²) in [5.41, 5.74) is 1.57. The van der Waals surface area contributed by atoms with Gasteiger partial charge in [0.2, 0.25) is 0 Å². The second-order valence-corrected chi connectivity index (χ2v) is 6.06. The fourth-order valence-electron chi connectivity index (χ4n) is 2.06. The summed E-state index contributed by atoms with van der Waals surface area (Å²) >= 11 is 3.44. The van der Waals surface area contributed by atoms with Gasteiger partial charge in [-0.2, -0.15) is 0 Å². The highest BCUT2D eigenvalue weighted by atomic mass is 79.9. The minimum absolute atomic E-state index is 0.0214. The van der Waals surface area contributed by atoms with Gasteiger partial charge in [-0.25, -0.2) is 4.98 Å². The average molecular weight is 362 g/mol. The van der Waals surface area contributed by atoms with E-state index in [4.69, 9.17) is 0 Å². The SMILES string of the molecule is CCCCN(C)C(=O)c1ccnc(Nc2cccc(Br)c2)c1. The quantitative estimate of drug-likeness (QED) is 0.825. The number of aromatic nitrogens is 1. The van der Waals surface area contributed by atoms with Crippen molar-refractivity contribution in [3.63, 3.8) is 0 Å². The van der Waals surface area contributed by atoms with E-state index < -0.39 is 0 Å². The van der Waals surface area contributed by atoms with E-state index in [-0.39, 0.29) is 5.91 Å². The molecule has 0 fully saturated rings. The molecule has 0 bridgehead atoms. The summed E-state index contributed by atoms with van der Waals surface area (Å²) in [4.78, 5) is 18.4. The Labute approximate surface area is 139 Å². The summed E-state index contributed by atoms with van der Waals surface area (Å²) in [5, 5.41) is 3.21. The lowest BCUT2D eigenvalue weighted by Gasteiger charge is -2.17. The van der Waals surface area contributed by atoms with E-state index >= 15 is 0 Å². The van der Waals surface area contributed by atoms with Gasteiger partial charge in [-0.05, 0) is 36.8 Å². The van der Waals surface area contributed by atoms with Gasteiger partial charge in [0.15, 0.2) is 0 Å². The molecule has 2 aromatic rings. The van der Waals surface area contributed by atoms with E-state index in [2.05, 4.69) is 33.2 Å². The van der Waals surface area contributed by atoms with E-state index in [1.165, 1.54) is 0 Å². The number of pyridine rings is 1. The number of hydrogen-bond acceptors (Lipinski definition) is 3. The zero-order valence-corrected chi connectivity index (χ0v) is 14.4. The molecule has 0 saturated heterocycles. The molecular formula is C17H20BrN3O. The number of nitrogens with zero attached hydrogens (tertiary/aromatic N) is 2. The molecule has 1 aromatic heterocycles. The molecule has 1 N–H and O–H groups in total. The second kappa shape index (κ2) is 7.94. The van der Waals surface area contributed by atoms with Crippen molar-refractivity contribution in [2.24, 2.45) is 0 Å². The Kier molecular flexibility index (Phi) is 5.95. The molecule has 1 aromatic carbocycles. The van der Waals surface area contributed by atoms with Crippen LogP contribution < -0.4 is 5.32 Å². The van der Waals surface area contributed by atoms with Gasteiger partial charge in [-0.15, -0.1) is 0 Å². The maximum absolute atomic E-state index is 12.4. The van der Waals surface area contributed by atoms with Crippen LogP contribution in [0.1, 0.15) is 30.1 Å². The zero-order chi connectivity index (χ0) is 15.9. The molecule has 22 heavy (non-hydrogen) atoms. The minimum atomic E-state index is 0.0214. The van der Waals surface area contributed by atoms with Gasteiger partial charge in [0.25, 0.3) is 5.91 Å². The molecule has 2 rings (SSSR count). The van der Waals surface area contributed by atoms with E-state index in [1.807, 2.05) is 31.3 Å². The van der Waals surface area contributed by atoms with E-state index in [0.717, 1.165) is 29.5 Å². The molecule has 0 unspecified atom stereocenters. The van der Waals surface area contributed by atoms with Crippen molar-refractivity contribution < 1.29 is 4.79 Å². The molecule has 0 atom stereocenters. The maximum Gasteiger partial charge on any atom is 0.253 e. The van der Waals surface area contributed by atoms with Crippen molar-refractivity contribution in [2.45, 2.75) is 19.8 Å². The van der Waals surface area contributed by atoms with Crippen LogP contribution in [-0.2, 0) is 0 Å². The molecule has 116 valence electrons. The number of unbranched alkanes of at least 4 members (excludes halogenated alkanes) is 1. The average Bonchev–Trinajstić information content (AvgIpc) is 2.52. The number of nitrogens with one attached hydrogen (secondary N) is 1. The van der Waals surface area contributed by atoms with Crippen molar-refractivity contribution in [2.75, 3.05) is 18.9 Å². The first-order valence-electron chi connectivity index (χ1n) is 7.34. The Balaban J connectivity index is 2.11. The zero-order valence-electron chi connectivity index (χ0n) is 12.8. The van der Waals surface area contributed by atoms with Crippen LogP contribution in [0.5, 0.6) is 0 Å². The molecule has 0 spiro atoms. The molecule has 0 radical (unpaired) electrons. The smallest absolute Gasteiger partial charge is 0.253 e. The molecule has 0 aliphatic heterocycles. The maximum atomic E-state index is 12.4. The van der Waals surface area contributed by atoms with Crippen molar-refractivity contribution >= 4 is 33.3 Å².